The summed E-state index contributed by atoms with van der Waals surface area (Å²) in [5.41, 5.74) is 0.602. The van der Waals surface area contributed by atoms with Crippen molar-refractivity contribution in [3.63, 3.8) is 0 Å². The van der Waals surface area contributed by atoms with E-state index in [4.69, 9.17) is 11.6 Å². The highest BCUT2D eigenvalue weighted by Crippen LogP contribution is 2.34. The predicted octanol–water partition coefficient (Wildman–Crippen LogP) is 3.93. The third-order valence-electron chi connectivity index (χ3n) is 5.26. The molecule has 0 aromatic heterocycles. The smallest absolute Gasteiger partial charge is 0.264 e. The number of aliphatic hydroxyl groups excluding tert-OH is 1. The Morgan fingerprint density at radius 2 is 1.77 bits per heavy atom. The highest BCUT2D eigenvalue weighted by atomic mass is 35.5. The molecule has 2 N–H and O–H groups in total. The summed E-state index contributed by atoms with van der Waals surface area (Å²) in [6.07, 6.45) is 0.189. The van der Waals surface area contributed by atoms with Gasteiger partial charge in [-0.3, -0.25) is 9.10 Å². The zero-order valence-corrected chi connectivity index (χ0v) is 18.7. The first kappa shape index (κ1) is 23.5. The Labute approximate surface area is 187 Å². The predicted molar refractivity (Wildman–Crippen MR) is 119 cm³/mol. The molecule has 0 bridgehead atoms. The number of hydrogen-bond acceptors (Lipinski definition) is 4. The minimum atomic E-state index is -4.06. The molecule has 2 aromatic rings. The molecule has 9 heteroatoms. The molecule has 1 amide bonds. The van der Waals surface area contributed by atoms with Gasteiger partial charge in [0.25, 0.3) is 15.9 Å². The van der Waals surface area contributed by atoms with Crippen LogP contribution in [0.25, 0.3) is 0 Å². The van der Waals surface area contributed by atoms with Gasteiger partial charge in [-0.2, -0.15) is 0 Å². The van der Waals surface area contributed by atoms with Gasteiger partial charge < -0.3 is 10.4 Å². The first-order chi connectivity index (χ1) is 14.7. The lowest BCUT2D eigenvalue weighted by molar-refractivity contribution is 0.0924. The average molecular weight is 469 g/mol. The van der Waals surface area contributed by atoms with Crippen LogP contribution in [0.2, 0.25) is 5.02 Å². The van der Waals surface area contributed by atoms with Crippen LogP contribution in [0.3, 0.4) is 0 Å². The van der Waals surface area contributed by atoms with Gasteiger partial charge in [0.05, 0.1) is 22.7 Å². The topological polar surface area (TPSA) is 86.7 Å². The van der Waals surface area contributed by atoms with Gasteiger partial charge in [0.15, 0.2) is 0 Å². The summed E-state index contributed by atoms with van der Waals surface area (Å²) in [5, 5.41) is 12.3. The second kappa shape index (κ2) is 9.97. The molecule has 2 aromatic carbocycles. The molecule has 1 aliphatic carbocycles. The first-order valence-electron chi connectivity index (χ1n) is 10.2. The molecule has 1 saturated carbocycles. The van der Waals surface area contributed by atoms with Crippen molar-refractivity contribution in [3.05, 3.63) is 59.1 Å². The van der Waals surface area contributed by atoms with Gasteiger partial charge in [-0.25, -0.2) is 12.8 Å². The molecular formula is C22H26ClFN2O4S. The van der Waals surface area contributed by atoms with Crippen molar-refractivity contribution < 1.29 is 22.7 Å². The Morgan fingerprint density at radius 3 is 2.35 bits per heavy atom. The number of sulfonamides is 1. The number of carbonyl (C=O) groups is 1. The highest BCUT2D eigenvalue weighted by molar-refractivity contribution is 7.92. The monoisotopic (exact) mass is 468 g/mol. The first-order valence-corrected chi connectivity index (χ1v) is 12.0. The average Bonchev–Trinajstić information content (AvgIpc) is 2.74. The van der Waals surface area contributed by atoms with E-state index in [1.54, 1.807) is 6.92 Å². The van der Waals surface area contributed by atoms with Crippen LogP contribution in [0.15, 0.2) is 53.4 Å². The van der Waals surface area contributed by atoms with E-state index in [-0.39, 0.29) is 23.0 Å². The lowest BCUT2D eigenvalue weighted by Gasteiger charge is -2.37. The zero-order chi connectivity index (χ0) is 22.6. The third-order valence-corrected chi connectivity index (χ3v) is 7.38. The van der Waals surface area contributed by atoms with Crippen LogP contribution in [0, 0.1) is 0 Å². The van der Waals surface area contributed by atoms with Gasteiger partial charge in [-0.15, -0.1) is 0 Å². The lowest BCUT2D eigenvalue weighted by atomic mass is 9.93. The van der Waals surface area contributed by atoms with E-state index in [0.29, 0.717) is 23.4 Å². The standard InChI is InChI=1S/C22H26ClFN2O4S/c1-15(27)14-25-22(28)16-6-10-18(11-7-16)26(21-5-3-2-4-20(21)24)31(29,30)19-12-8-17(23)9-13-19/h6-13,15,20-21,27H,2-5,14H2,1H3,(H,25,28). The molecule has 6 nitrogen and oxygen atoms in total. The van der Waals surface area contributed by atoms with E-state index < -0.39 is 28.3 Å². The van der Waals surface area contributed by atoms with Gasteiger partial charge in [0.1, 0.15) is 6.17 Å². The summed E-state index contributed by atoms with van der Waals surface area (Å²) >= 11 is 5.90. The van der Waals surface area contributed by atoms with E-state index in [2.05, 4.69) is 5.32 Å². The van der Waals surface area contributed by atoms with Gasteiger partial charge in [-0.05, 0) is 68.3 Å². The minimum absolute atomic E-state index is 0.0217. The van der Waals surface area contributed by atoms with Gasteiger partial charge >= 0.3 is 0 Å². The molecule has 168 valence electrons. The van der Waals surface area contributed by atoms with Gasteiger partial charge in [0, 0.05) is 17.1 Å². The fourth-order valence-electron chi connectivity index (χ4n) is 3.66. The summed E-state index contributed by atoms with van der Waals surface area (Å²) in [6, 6.07) is 10.9. The van der Waals surface area contributed by atoms with Crippen LogP contribution >= 0.6 is 11.6 Å². The van der Waals surface area contributed by atoms with E-state index in [1.165, 1.54) is 48.5 Å². The minimum Gasteiger partial charge on any atom is -0.392 e. The fraction of sp³-hybridized carbons (Fsp3) is 0.409. The Kier molecular flexibility index (Phi) is 7.56. The van der Waals surface area contributed by atoms with E-state index in [1.807, 2.05) is 0 Å². The molecule has 0 aliphatic heterocycles. The van der Waals surface area contributed by atoms with Crippen LogP contribution in [-0.4, -0.2) is 44.3 Å². The van der Waals surface area contributed by atoms with Crippen molar-refractivity contribution in [3.8, 4) is 0 Å². The number of rotatable bonds is 7. The SMILES string of the molecule is CC(O)CNC(=O)c1ccc(N(C2CCCCC2F)S(=O)(=O)c2ccc(Cl)cc2)cc1. The van der Waals surface area contributed by atoms with Crippen molar-refractivity contribution >= 4 is 33.2 Å². The fourth-order valence-corrected chi connectivity index (χ4v) is 5.49. The van der Waals surface area contributed by atoms with Gasteiger partial charge in [0.2, 0.25) is 0 Å². The maximum absolute atomic E-state index is 14.9. The molecular weight excluding hydrogens is 443 g/mol. The molecule has 0 heterocycles. The quantitative estimate of drug-likeness (QED) is 0.644. The molecule has 3 unspecified atom stereocenters. The number of benzene rings is 2. The van der Waals surface area contributed by atoms with Crippen LogP contribution in [0.4, 0.5) is 10.1 Å². The molecule has 0 saturated heterocycles. The zero-order valence-electron chi connectivity index (χ0n) is 17.2. The lowest BCUT2D eigenvalue weighted by Crippen LogP contribution is -2.47. The van der Waals surface area contributed by atoms with Crippen LogP contribution in [-0.2, 0) is 10.0 Å². The summed E-state index contributed by atoms with van der Waals surface area (Å²) < 4.78 is 43.0. The Balaban J connectivity index is 1.97. The van der Waals surface area contributed by atoms with Crippen LogP contribution in [0.1, 0.15) is 43.0 Å². The normalized spacial score (nSPS) is 20.1. The number of halogens is 2. The van der Waals surface area contributed by atoms with Crippen molar-refractivity contribution in [2.75, 3.05) is 10.8 Å². The summed E-state index contributed by atoms with van der Waals surface area (Å²) in [5.74, 6) is -0.388. The molecule has 31 heavy (non-hydrogen) atoms. The third kappa shape index (κ3) is 5.56. The number of amides is 1. The Bertz CT molecular complexity index is 997. The maximum Gasteiger partial charge on any atom is 0.264 e. The summed E-state index contributed by atoms with van der Waals surface area (Å²) in [4.78, 5) is 12.2. The summed E-state index contributed by atoms with van der Waals surface area (Å²) in [7, 11) is -4.06. The number of nitrogens with one attached hydrogen (secondary N) is 1. The number of anilines is 1. The number of carbonyl (C=O) groups excluding carboxylic acids is 1. The van der Waals surface area contributed by atoms with Crippen LogP contribution in [0.5, 0.6) is 0 Å². The van der Waals surface area contributed by atoms with E-state index >= 15 is 0 Å². The van der Waals surface area contributed by atoms with Crippen molar-refractivity contribution in [1.29, 1.82) is 0 Å². The molecule has 0 radical (unpaired) electrons. The van der Waals surface area contributed by atoms with E-state index in [9.17, 15) is 22.7 Å². The maximum atomic E-state index is 14.9. The van der Waals surface area contributed by atoms with Gasteiger partial charge in [-0.1, -0.05) is 24.4 Å². The molecule has 0 spiro atoms. The second-order valence-corrected chi connectivity index (χ2v) is 9.98. The van der Waals surface area contributed by atoms with Crippen molar-refractivity contribution in [2.24, 2.45) is 0 Å². The molecule has 1 aliphatic rings. The Hall–Kier alpha value is -2.16. The number of nitrogens with zero attached hydrogens (tertiary/aromatic N) is 1. The van der Waals surface area contributed by atoms with Crippen LogP contribution < -0.4 is 9.62 Å². The molecule has 3 rings (SSSR count). The molecule has 3 atom stereocenters. The van der Waals surface area contributed by atoms with E-state index in [0.717, 1.165) is 17.1 Å². The second-order valence-electron chi connectivity index (χ2n) is 7.73. The Morgan fingerprint density at radius 1 is 1.16 bits per heavy atom. The highest BCUT2D eigenvalue weighted by Gasteiger charge is 2.38. The largest absolute Gasteiger partial charge is 0.392 e. The summed E-state index contributed by atoms with van der Waals surface area (Å²) in [6.45, 7) is 1.66. The number of aliphatic hydroxyl groups is 1. The number of alkyl halides is 1. The van der Waals surface area contributed by atoms with Crippen molar-refractivity contribution in [1.82, 2.24) is 5.32 Å². The van der Waals surface area contributed by atoms with Crippen molar-refractivity contribution in [2.45, 2.75) is 55.8 Å². The molecule has 1 fully saturated rings. The number of hydrogen-bond donors (Lipinski definition) is 2.